The van der Waals surface area contributed by atoms with E-state index in [4.69, 9.17) is 25.8 Å². The monoisotopic (exact) mass is 418 g/mol. The first-order valence-electron chi connectivity index (χ1n) is 8.83. The van der Waals surface area contributed by atoms with Crippen molar-refractivity contribution in [2.75, 3.05) is 20.3 Å². The number of carbonyl (C=O) groups excluding carboxylic acids is 1. The molecule has 0 saturated heterocycles. The fraction of sp³-hybridized carbons (Fsp3) is 0.300. The van der Waals surface area contributed by atoms with Gasteiger partial charge in [-0.2, -0.15) is 4.99 Å². The fourth-order valence-corrected chi connectivity index (χ4v) is 4.37. The second-order valence-electron chi connectivity index (χ2n) is 6.36. The third-order valence-corrected chi connectivity index (χ3v) is 5.99. The number of benzene rings is 2. The lowest BCUT2D eigenvalue weighted by molar-refractivity contribution is -0.127. The number of carbonyl (C=O) groups is 1. The summed E-state index contributed by atoms with van der Waals surface area (Å²) < 4.78 is 19.6. The highest BCUT2D eigenvalue weighted by Crippen LogP contribution is 2.31. The third-order valence-electron chi connectivity index (χ3n) is 4.54. The Hall–Kier alpha value is -2.35. The van der Waals surface area contributed by atoms with E-state index in [-0.39, 0.29) is 12.5 Å². The molecule has 2 aromatic carbocycles. The van der Waals surface area contributed by atoms with Crippen molar-refractivity contribution >= 4 is 39.1 Å². The molecule has 4 rings (SSSR count). The van der Waals surface area contributed by atoms with Crippen LogP contribution in [0, 0.1) is 6.92 Å². The lowest BCUT2D eigenvalue weighted by atomic mass is 10.2. The van der Waals surface area contributed by atoms with Gasteiger partial charge in [0.1, 0.15) is 6.61 Å². The summed E-state index contributed by atoms with van der Waals surface area (Å²) in [5, 5.41) is 0.676. The molecule has 1 aromatic heterocycles. The average molecular weight is 419 g/mol. The Kier molecular flexibility index (Phi) is 5.39. The van der Waals surface area contributed by atoms with Crippen LogP contribution in [0.5, 0.6) is 11.5 Å². The highest BCUT2D eigenvalue weighted by Gasteiger charge is 2.27. The lowest BCUT2D eigenvalue weighted by Crippen LogP contribution is -2.37. The number of para-hydroxylation sites is 2. The molecule has 1 aliphatic heterocycles. The molecule has 0 radical (unpaired) electrons. The zero-order valence-electron chi connectivity index (χ0n) is 15.5. The van der Waals surface area contributed by atoms with Crippen molar-refractivity contribution in [1.29, 1.82) is 0 Å². The van der Waals surface area contributed by atoms with Crippen LogP contribution in [0.25, 0.3) is 10.2 Å². The first-order chi connectivity index (χ1) is 13.6. The van der Waals surface area contributed by atoms with Gasteiger partial charge in [-0.05, 0) is 36.8 Å². The summed E-state index contributed by atoms with van der Waals surface area (Å²) in [7, 11) is 1.64. The minimum absolute atomic E-state index is 0.132. The Balaban J connectivity index is 1.72. The summed E-state index contributed by atoms with van der Waals surface area (Å²) in [5.41, 5.74) is 1.92. The van der Waals surface area contributed by atoms with Gasteiger partial charge in [-0.1, -0.05) is 35.1 Å². The Labute approximate surface area is 170 Å². The van der Waals surface area contributed by atoms with E-state index < -0.39 is 6.10 Å². The number of hydrogen-bond donors (Lipinski definition) is 0. The number of amides is 1. The SMILES string of the molecule is COCCn1c(=NC(=O)[C@H]2COc3ccccc3O2)sc2ccc(Cl)c(C)c21. The van der Waals surface area contributed by atoms with Crippen LogP contribution in [0.1, 0.15) is 5.56 Å². The maximum absolute atomic E-state index is 12.8. The van der Waals surface area contributed by atoms with E-state index >= 15 is 0 Å². The first-order valence-corrected chi connectivity index (χ1v) is 10.0. The molecule has 6 nitrogen and oxygen atoms in total. The van der Waals surface area contributed by atoms with Crippen molar-refractivity contribution in [3.63, 3.8) is 0 Å². The zero-order chi connectivity index (χ0) is 19.7. The molecule has 0 bridgehead atoms. The molecule has 8 heteroatoms. The van der Waals surface area contributed by atoms with E-state index in [0.29, 0.717) is 34.5 Å². The van der Waals surface area contributed by atoms with Gasteiger partial charge in [-0.15, -0.1) is 0 Å². The van der Waals surface area contributed by atoms with E-state index in [1.807, 2.05) is 41.8 Å². The van der Waals surface area contributed by atoms with Crippen LogP contribution in [0.15, 0.2) is 41.4 Å². The van der Waals surface area contributed by atoms with E-state index in [2.05, 4.69) is 4.99 Å². The fourth-order valence-electron chi connectivity index (χ4n) is 3.10. The van der Waals surface area contributed by atoms with Crippen LogP contribution in [0.4, 0.5) is 0 Å². The molecule has 0 saturated carbocycles. The molecule has 0 spiro atoms. The molecule has 3 aromatic rings. The van der Waals surface area contributed by atoms with Gasteiger partial charge >= 0.3 is 0 Å². The number of methoxy groups -OCH3 is 1. The van der Waals surface area contributed by atoms with Crippen molar-refractivity contribution in [2.45, 2.75) is 19.6 Å². The minimum Gasteiger partial charge on any atom is -0.485 e. The highest BCUT2D eigenvalue weighted by atomic mass is 35.5. The highest BCUT2D eigenvalue weighted by molar-refractivity contribution is 7.16. The zero-order valence-corrected chi connectivity index (χ0v) is 17.0. The van der Waals surface area contributed by atoms with Crippen molar-refractivity contribution in [1.82, 2.24) is 4.57 Å². The van der Waals surface area contributed by atoms with Crippen molar-refractivity contribution in [3.8, 4) is 11.5 Å². The van der Waals surface area contributed by atoms with Gasteiger partial charge in [-0.3, -0.25) is 4.79 Å². The second kappa shape index (κ2) is 7.95. The summed E-state index contributed by atoms with van der Waals surface area (Å²) in [4.78, 5) is 17.7. The van der Waals surface area contributed by atoms with Gasteiger partial charge in [0, 0.05) is 18.7 Å². The average Bonchev–Trinajstić information content (AvgIpc) is 3.06. The molecule has 0 aliphatic carbocycles. The summed E-state index contributed by atoms with van der Waals surface area (Å²) in [6.07, 6.45) is -0.777. The predicted octanol–water partition coefficient (Wildman–Crippen LogP) is 3.58. The number of nitrogens with zero attached hydrogens (tertiary/aromatic N) is 2. The van der Waals surface area contributed by atoms with Crippen LogP contribution >= 0.6 is 22.9 Å². The summed E-state index contributed by atoms with van der Waals surface area (Å²) in [6.45, 7) is 3.15. The van der Waals surface area contributed by atoms with Crippen LogP contribution in [-0.4, -0.2) is 36.9 Å². The molecule has 146 valence electrons. The van der Waals surface area contributed by atoms with Crippen molar-refractivity contribution in [3.05, 3.63) is 51.8 Å². The molecule has 2 heterocycles. The summed E-state index contributed by atoms with van der Waals surface area (Å²) in [5.74, 6) is 0.804. The molecule has 1 amide bonds. The van der Waals surface area contributed by atoms with Gasteiger partial charge < -0.3 is 18.8 Å². The topological polar surface area (TPSA) is 62.1 Å². The van der Waals surface area contributed by atoms with E-state index in [9.17, 15) is 4.79 Å². The number of hydrogen-bond acceptors (Lipinski definition) is 5. The van der Waals surface area contributed by atoms with Crippen LogP contribution in [0.3, 0.4) is 0 Å². The van der Waals surface area contributed by atoms with Crippen molar-refractivity contribution < 1.29 is 19.0 Å². The molecule has 1 aliphatic rings. The summed E-state index contributed by atoms with van der Waals surface area (Å²) in [6, 6.07) is 11.1. The molecule has 28 heavy (non-hydrogen) atoms. The molecule has 0 N–H and O–H groups in total. The Bertz CT molecular complexity index is 1110. The Morgan fingerprint density at radius 1 is 1.32 bits per heavy atom. The van der Waals surface area contributed by atoms with E-state index in [0.717, 1.165) is 15.8 Å². The first kappa shape index (κ1) is 19.0. The number of thiazole rings is 1. The van der Waals surface area contributed by atoms with Gasteiger partial charge in [0.25, 0.3) is 5.91 Å². The summed E-state index contributed by atoms with van der Waals surface area (Å²) >= 11 is 7.74. The predicted molar refractivity (Wildman–Crippen MR) is 108 cm³/mol. The molecular formula is C20H19ClN2O4S. The van der Waals surface area contributed by atoms with Crippen LogP contribution in [0.2, 0.25) is 5.02 Å². The number of ether oxygens (including phenoxy) is 3. The molecule has 1 atom stereocenters. The molecular weight excluding hydrogens is 400 g/mol. The Morgan fingerprint density at radius 2 is 2.11 bits per heavy atom. The standard InChI is InChI=1S/C20H19ClN2O4S/c1-12-13(21)7-8-17-18(12)23(9-10-25-2)20(28-17)22-19(24)16-11-26-14-5-3-4-6-15(14)27-16/h3-8,16H,9-11H2,1-2H3/t16-/m1/s1. The number of fused-ring (bicyclic) bond motifs is 2. The van der Waals surface area contributed by atoms with Crippen LogP contribution in [-0.2, 0) is 16.1 Å². The molecule has 0 fully saturated rings. The maximum atomic E-state index is 12.8. The molecule has 0 unspecified atom stereocenters. The van der Waals surface area contributed by atoms with Gasteiger partial charge in [0.15, 0.2) is 16.3 Å². The normalized spacial score (nSPS) is 16.5. The second-order valence-corrected chi connectivity index (χ2v) is 7.78. The van der Waals surface area contributed by atoms with Gasteiger partial charge in [0.05, 0.1) is 16.8 Å². The number of rotatable bonds is 4. The Morgan fingerprint density at radius 3 is 2.89 bits per heavy atom. The minimum atomic E-state index is -0.777. The van der Waals surface area contributed by atoms with Gasteiger partial charge in [-0.25, -0.2) is 0 Å². The van der Waals surface area contributed by atoms with E-state index in [1.165, 1.54) is 11.3 Å². The smallest absolute Gasteiger partial charge is 0.292 e. The number of aryl methyl sites for hydroxylation is 1. The number of halogens is 1. The lowest BCUT2D eigenvalue weighted by Gasteiger charge is -2.23. The largest absolute Gasteiger partial charge is 0.485 e. The third kappa shape index (κ3) is 3.53. The quantitative estimate of drug-likeness (QED) is 0.649. The van der Waals surface area contributed by atoms with Crippen molar-refractivity contribution in [2.24, 2.45) is 4.99 Å². The van der Waals surface area contributed by atoms with E-state index in [1.54, 1.807) is 13.2 Å². The number of aromatic nitrogens is 1. The maximum Gasteiger partial charge on any atom is 0.292 e. The van der Waals surface area contributed by atoms with Gasteiger partial charge in [0.2, 0.25) is 6.10 Å². The van der Waals surface area contributed by atoms with Crippen LogP contribution < -0.4 is 14.3 Å².